The molecule has 0 radical (unpaired) electrons. The molecule has 1 heterocycles. The number of imidazole rings is 1. The van der Waals surface area contributed by atoms with Crippen molar-refractivity contribution in [2.75, 3.05) is 12.3 Å². The lowest BCUT2D eigenvalue weighted by atomic mass is 10.0. The summed E-state index contributed by atoms with van der Waals surface area (Å²) in [5.74, 6) is -3.43. The van der Waals surface area contributed by atoms with Gasteiger partial charge in [0.1, 0.15) is 12.1 Å². The molecule has 3 amide bonds. The maximum Gasteiger partial charge on any atom is 0.328 e. The summed E-state index contributed by atoms with van der Waals surface area (Å²) in [7, 11) is 0. The zero-order valence-electron chi connectivity index (χ0n) is 18.4. The smallest absolute Gasteiger partial charge is 0.328 e. The van der Waals surface area contributed by atoms with E-state index in [1.54, 1.807) is 0 Å². The van der Waals surface area contributed by atoms with Crippen molar-refractivity contribution in [3.05, 3.63) is 18.2 Å². The minimum atomic E-state index is -1.56. The fraction of sp³-hybridized carbons (Fsp3) is 0.632. The number of H-pyrrole nitrogens is 1. The van der Waals surface area contributed by atoms with Gasteiger partial charge in [0.2, 0.25) is 17.7 Å². The number of hydrogen-bond donors (Lipinski definition) is 9. The highest BCUT2D eigenvalue weighted by Gasteiger charge is 2.31. The lowest BCUT2D eigenvalue weighted by molar-refractivity contribution is -0.145. The first kappa shape index (κ1) is 28.4. The van der Waals surface area contributed by atoms with E-state index in [2.05, 4.69) is 38.5 Å². The molecule has 186 valence electrons. The Bertz CT molecular complexity index is 777. The van der Waals surface area contributed by atoms with E-state index in [0.29, 0.717) is 25.1 Å². The number of aliphatic carboxylic acids is 1. The van der Waals surface area contributed by atoms with Crippen LogP contribution in [0.2, 0.25) is 0 Å². The van der Waals surface area contributed by atoms with Crippen LogP contribution >= 0.6 is 12.6 Å². The van der Waals surface area contributed by atoms with Gasteiger partial charge >= 0.3 is 5.97 Å². The van der Waals surface area contributed by atoms with Crippen LogP contribution in [0.15, 0.2) is 12.5 Å². The number of carbonyl (C=O) groups excluding carboxylic acids is 3. The predicted octanol–water partition coefficient (Wildman–Crippen LogP) is -2.74. The summed E-state index contributed by atoms with van der Waals surface area (Å²) >= 11 is 3.98. The Kier molecular flexibility index (Phi) is 12.4. The zero-order chi connectivity index (χ0) is 25.0. The Hall–Kier alpha value is -2.68. The molecular formula is C19H33N7O6S. The Balaban J connectivity index is 3.02. The molecule has 0 aromatic carbocycles. The number of aliphatic hydroxyl groups excluding tert-OH is 1. The average molecular weight is 488 g/mol. The summed E-state index contributed by atoms with van der Waals surface area (Å²) in [5.41, 5.74) is 11.7. The number of hydrogen-bond acceptors (Lipinski definition) is 9. The van der Waals surface area contributed by atoms with Crippen LogP contribution in [0.5, 0.6) is 0 Å². The standard InChI is InChI=1S/C19H33N7O6S/c1-10(27)15(19(31)32)26-17(29)13(4-2-3-5-20)24-18(30)14(6-11-7-22-9-23-11)25-16(28)12(21)8-33/h7,9-10,12-15,27,33H,2-6,8,20-21H2,1H3,(H,22,23)(H,24,30)(H,25,28)(H,26,29)(H,31,32). The number of aromatic amines is 1. The first-order chi connectivity index (χ1) is 15.6. The quantitative estimate of drug-likeness (QED) is 0.0922. The van der Waals surface area contributed by atoms with Crippen LogP contribution < -0.4 is 27.4 Å². The van der Waals surface area contributed by atoms with Gasteiger partial charge in [-0.2, -0.15) is 12.6 Å². The minimum absolute atomic E-state index is 0.0411. The molecule has 13 nitrogen and oxygen atoms in total. The fourth-order valence-corrected chi connectivity index (χ4v) is 3.03. The van der Waals surface area contributed by atoms with Crippen LogP contribution in [0.4, 0.5) is 0 Å². The molecule has 0 aliphatic heterocycles. The van der Waals surface area contributed by atoms with E-state index in [1.165, 1.54) is 19.4 Å². The highest BCUT2D eigenvalue weighted by atomic mass is 32.1. The van der Waals surface area contributed by atoms with Crippen molar-refractivity contribution >= 4 is 36.3 Å². The molecule has 0 bridgehead atoms. The number of aliphatic hydroxyl groups is 1. The van der Waals surface area contributed by atoms with E-state index in [4.69, 9.17) is 11.5 Å². The molecule has 1 aromatic heterocycles. The van der Waals surface area contributed by atoms with Gasteiger partial charge in [-0.15, -0.1) is 0 Å². The van der Waals surface area contributed by atoms with E-state index in [-0.39, 0.29) is 18.6 Å². The van der Waals surface area contributed by atoms with Crippen molar-refractivity contribution in [2.24, 2.45) is 11.5 Å². The number of nitrogens with one attached hydrogen (secondary N) is 4. The van der Waals surface area contributed by atoms with Crippen molar-refractivity contribution in [3.8, 4) is 0 Å². The Labute approximate surface area is 196 Å². The minimum Gasteiger partial charge on any atom is -0.480 e. The van der Waals surface area contributed by atoms with Gasteiger partial charge in [-0.3, -0.25) is 14.4 Å². The number of amides is 3. The van der Waals surface area contributed by atoms with Gasteiger partial charge < -0.3 is 42.6 Å². The van der Waals surface area contributed by atoms with Crippen molar-refractivity contribution in [3.63, 3.8) is 0 Å². The molecule has 5 unspecified atom stereocenters. The summed E-state index contributed by atoms with van der Waals surface area (Å²) in [6.45, 7) is 1.59. The molecule has 0 fully saturated rings. The van der Waals surface area contributed by atoms with Gasteiger partial charge in [-0.25, -0.2) is 9.78 Å². The van der Waals surface area contributed by atoms with Crippen molar-refractivity contribution < 1.29 is 29.4 Å². The number of nitrogens with zero attached hydrogens (tertiary/aromatic N) is 1. The average Bonchev–Trinajstić information content (AvgIpc) is 3.28. The number of rotatable bonds is 15. The van der Waals surface area contributed by atoms with Crippen LogP contribution in [-0.4, -0.2) is 86.4 Å². The van der Waals surface area contributed by atoms with Crippen LogP contribution in [0, 0.1) is 0 Å². The molecule has 5 atom stereocenters. The maximum absolute atomic E-state index is 13.0. The van der Waals surface area contributed by atoms with Crippen molar-refractivity contribution in [1.82, 2.24) is 25.9 Å². The number of nitrogens with two attached hydrogens (primary N) is 2. The third-order valence-electron chi connectivity index (χ3n) is 4.77. The van der Waals surface area contributed by atoms with Gasteiger partial charge in [0, 0.05) is 24.1 Å². The summed E-state index contributed by atoms with van der Waals surface area (Å²) < 4.78 is 0. The molecule has 1 rings (SSSR count). The largest absolute Gasteiger partial charge is 0.480 e. The van der Waals surface area contributed by atoms with Crippen LogP contribution in [-0.2, 0) is 25.6 Å². The van der Waals surface area contributed by atoms with Crippen molar-refractivity contribution in [1.29, 1.82) is 0 Å². The summed E-state index contributed by atoms with van der Waals surface area (Å²) in [6, 6.07) is -4.72. The number of carbonyl (C=O) groups is 4. The maximum atomic E-state index is 13.0. The van der Waals surface area contributed by atoms with Gasteiger partial charge in [-0.05, 0) is 32.7 Å². The third-order valence-corrected chi connectivity index (χ3v) is 5.16. The predicted molar refractivity (Wildman–Crippen MR) is 122 cm³/mol. The van der Waals surface area contributed by atoms with E-state index in [0.717, 1.165) is 0 Å². The second kappa shape index (κ2) is 14.5. The topological polar surface area (TPSA) is 226 Å². The molecule has 14 heteroatoms. The molecule has 0 saturated heterocycles. The molecule has 0 aliphatic carbocycles. The molecule has 0 saturated carbocycles. The summed E-state index contributed by atoms with van der Waals surface area (Å²) in [4.78, 5) is 56.1. The molecule has 0 aliphatic rings. The molecular weight excluding hydrogens is 454 g/mol. The zero-order valence-corrected chi connectivity index (χ0v) is 19.3. The highest BCUT2D eigenvalue weighted by molar-refractivity contribution is 7.80. The van der Waals surface area contributed by atoms with Gasteiger partial charge in [0.05, 0.1) is 18.5 Å². The number of thiol groups is 1. The normalized spacial score (nSPS) is 15.5. The lowest BCUT2D eigenvalue weighted by Gasteiger charge is -2.25. The Morgan fingerprint density at radius 3 is 2.27 bits per heavy atom. The Morgan fingerprint density at radius 1 is 1.12 bits per heavy atom. The van der Waals surface area contributed by atoms with Gasteiger partial charge in [0.15, 0.2) is 6.04 Å². The number of aromatic nitrogens is 2. The van der Waals surface area contributed by atoms with E-state index >= 15 is 0 Å². The van der Waals surface area contributed by atoms with Crippen molar-refractivity contribution in [2.45, 2.75) is 62.9 Å². The molecule has 33 heavy (non-hydrogen) atoms. The first-order valence-corrected chi connectivity index (χ1v) is 11.1. The fourth-order valence-electron chi connectivity index (χ4n) is 2.86. The van der Waals surface area contributed by atoms with Crippen LogP contribution in [0.25, 0.3) is 0 Å². The Morgan fingerprint density at radius 2 is 1.76 bits per heavy atom. The second-order valence-corrected chi connectivity index (χ2v) is 7.91. The van der Waals surface area contributed by atoms with Crippen LogP contribution in [0.3, 0.4) is 0 Å². The summed E-state index contributed by atoms with van der Waals surface area (Å²) in [5, 5.41) is 26.2. The highest BCUT2D eigenvalue weighted by Crippen LogP contribution is 2.06. The summed E-state index contributed by atoms with van der Waals surface area (Å²) in [6.07, 6.45) is 2.79. The van der Waals surface area contributed by atoms with Crippen LogP contribution in [0.1, 0.15) is 31.9 Å². The van der Waals surface area contributed by atoms with E-state index < -0.39 is 54.0 Å². The number of carboxylic acid groups (broad SMARTS) is 1. The van der Waals surface area contributed by atoms with E-state index in [9.17, 15) is 29.4 Å². The first-order valence-electron chi connectivity index (χ1n) is 10.5. The van der Waals surface area contributed by atoms with Gasteiger partial charge in [0.25, 0.3) is 0 Å². The second-order valence-electron chi connectivity index (χ2n) is 7.54. The monoisotopic (exact) mass is 487 g/mol. The lowest BCUT2D eigenvalue weighted by Crippen LogP contribution is -2.58. The molecule has 10 N–H and O–H groups in total. The van der Waals surface area contributed by atoms with E-state index in [1.807, 2.05) is 0 Å². The SMILES string of the molecule is CC(O)C(NC(=O)C(CCCCN)NC(=O)C(Cc1cnc[nH]1)NC(=O)C(N)CS)C(=O)O. The molecule has 0 spiro atoms. The number of carboxylic acids is 1. The number of unbranched alkanes of at least 4 members (excludes halogenated alkanes) is 1. The molecule has 1 aromatic rings. The third kappa shape index (κ3) is 9.77. The van der Waals surface area contributed by atoms with Gasteiger partial charge in [-0.1, -0.05) is 0 Å².